The number of aryl methyl sites for hydroxylation is 1. The summed E-state index contributed by atoms with van der Waals surface area (Å²) in [5, 5.41) is 10.6. The molecule has 0 bridgehead atoms. The van der Waals surface area contributed by atoms with Gasteiger partial charge >= 0.3 is 0 Å². The molecule has 5 heteroatoms. The maximum Gasteiger partial charge on any atom is 0.271 e. The Hall–Kier alpha value is -2.35. The topological polar surface area (TPSA) is 86.2 Å². The lowest BCUT2D eigenvalue weighted by Crippen LogP contribution is -1.97. The summed E-state index contributed by atoms with van der Waals surface area (Å²) >= 11 is 0. The van der Waals surface area contributed by atoms with E-state index in [9.17, 15) is 14.9 Å². The van der Waals surface area contributed by atoms with Gasteiger partial charge in [-0.3, -0.25) is 10.1 Å². The number of aldehydes is 1. The smallest absolute Gasteiger partial charge is 0.271 e. The minimum Gasteiger partial charge on any atom is -0.397 e. The summed E-state index contributed by atoms with van der Waals surface area (Å²) in [7, 11) is 0. The zero-order chi connectivity index (χ0) is 12.1. The maximum absolute atomic E-state index is 10.6. The fourth-order valence-corrected chi connectivity index (χ4v) is 1.18. The number of nitrogens with zero attached hydrogens (tertiary/aromatic N) is 1. The summed E-state index contributed by atoms with van der Waals surface area (Å²) < 4.78 is 0. The van der Waals surface area contributed by atoms with Gasteiger partial charge in [-0.1, -0.05) is 11.8 Å². The zero-order valence-electron chi connectivity index (χ0n) is 8.69. The molecule has 0 atom stereocenters. The van der Waals surface area contributed by atoms with E-state index < -0.39 is 4.92 Å². The van der Waals surface area contributed by atoms with Crippen LogP contribution in [0.15, 0.2) is 12.1 Å². The van der Waals surface area contributed by atoms with Gasteiger partial charge in [0.05, 0.1) is 22.6 Å². The van der Waals surface area contributed by atoms with Crippen molar-refractivity contribution in [2.24, 2.45) is 0 Å². The van der Waals surface area contributed by atoms with Crippen LogP contribution >= 0.6 is 0 Å². The van der Waals surface area contributed by atoms with Crippen molar-refractivity contribution >= 4 is 17.7 Å². The molecule has 1 rings (SSSR count). The molecule has 0 spiro atoms. The van der Waals surface area contributed by atoms with Crippen LogP contribution in [0.2, 0.25) is 0 Å². The normalized spacial score (nSPS) is 9.06. The first-order chi connectivity index (χ1) is 7.56. The molecular weight excluding hydrogens is 208 g/mol. The first-order valence-electron chi connectivity index (χ1n) is 4.53. The van der Waals surface area contributed by atoms with Crippen molar-refractivity contribution in [2.75, 3.05) is 5.73 Å². The van der Waals surface area contributed by atoms with E-state index in [0.717, 1.165) is 0 Å². The number of nitrogens with two attached hydrogens (primary N) is 1. The molecule has 0 fully saturated rings. The molecule has 0 heterocycles. The summed E-state index contributed by atoms with van der Waals surface area (Å²) in [5.74, 6) is 5.20. The summed E-state index contributed by atoms with van der Waals surface area (Å²) in [6.07, 6.45) is 0.745. The number of carbonyl (C=O) groups is 1. The van der Waals surface area contributed by atoms with E-state index in [1.807, 2.05) is 0 Å². The van der Waals surface area contributed by atoms with Crippen LogP contribution in [0.3, 0.4) is 0 Å². The van der Waals surface area contributed by atoms with Crippen molar-refractivity contribution in [3.8, 4) is 11.8 Å². The van der Waals surface area contributed by atoms with Crippen molar-refractivity contribution < 1.29 is 9.72 Å². The summed E-state index contributed by atoms with van der Waals surface area (Å²) in [6.45, 7) is 1.67. The van der Waals surface area contributed by atoms with Gasteiger partial charge in [0, 0.05) is 12.1 Å². The van der Waals surface area contributed by atoms with Gasteiger partial charge in [-0.25, -0.2) is 0 Å². The predicted octanol–water partition coefficient (Wildman–Crippen LogP) is 1.43. The highest BCUT2D eigenvalue weighted by Crippen LogP contribution is 2.23. The number of benzene rings is 1. The SMILES string of the molecule is Cc1cc([N+](=O)[O-])cc(C#CCC=O)c1N. The number of hydrogen-bond donors (Lipinski definition) is 1. The Morgan fingerprint density at radius 1 is 1.56 bits per heavy atom. The first-order valence-corrected chi connectivity index (χ1v) is 4.53. The predicted molar refractivity (Wildman–Crippen MR) is 59.8 cm³/mol. The van der Waals surface area contributed by atoms with E-state index in [-0.39, 0.29) is 12.1 Å². The van der Waals surface area contributed by atoms with E-state index >= 15 is 0 Å². The fraction of sp³-hybridized carbons (Fsp3) is 0.182. The van der Waals surface area contributed by atoms with Crippen LogP contribution < -0.4 is 5.73 Å². The lowest BCUT2D eigenvalue weighted by molar-refractivity contribution is -0.384. The number of carbonyl (C=O) groups excluding carboxylic acids is 1. The minimum atomic E-state index is -0.503. The number of hydrogen-bond acceptors (Lipinski definition) is 4. The van der Waals surface area contributed by atoms with E-state index in [4.69, 9.17) is 5.73 Å². The second-order valence-electron chi connectivity index (χ2n) is 3.15. The second kappa shape index (κ2) is 4.94. The van der Waals surface area contributed by atoms with Crippen molar-refractivity contribution in [1.82, 2.24) is 0 Å². The number of nitro benzene ring substituents is 1. The molecule has 0 aromatic heterocycles. The monoisotopic (exact) mass is 218 g/mol. The molecule has 1 aromatic carbocycles. The van der Waals surface area contributed by atoms with Crippen LogP contribution in [0.5, 0.6) is 0 Å². The summed E-state index contributed by atoms with van der Waals surface area (Å²) in [5.41, 5.74) is 7.06. The second-order valence-corrected chi connectivity index (χ2v) is 3.15. The van der Waals surface area contributed by atoms with Crippen molar-refractivity contribution in [1.29, 1.82) is 0 Å². The van der Waals surface area contributed by atoms with Gasteiger partial charge in [-0.05, 0) is 12.5 Å². The van der Waals surface area contributed by atoms with E-state index in [1.54, 1.807) is 6.92 Å². The Bertz CT molecular complexity index is 498. The Kier molecular flexibility index (Phi) is 3.62. The van der Waals surface area contributed by atoms with E-state index in [1.165, 1.54) is 12.1 Å². The largest absolute Gasteiger partial charge is 0.397 e. The third-order valence-electron chi connectivity index (χ3n) is 1.99. The number of anilines is 1. The third-order valence-corrected chi connectivity index (χ3v) is 1.99. The highest BCUT2D eigenvalue weighted by molar-refractivity contribution is 5.65. The van der Waals surface area contributed by atoms with E-state index in [0.29, 0.717) is 23.1 Å². The van der Waals surface area contributed by atoms with Crippen molar-refractivity contribution in [2.45, 2.75) is 13.3 Å². The number of nitro groups is 1. The van der Waals surface area contributed by atoms with Crippen LogP contribution in [0.1, 0.15) is 17.5 Å². The molecular formula is C11H10N2O3. The zero-order valence-corrected chi connectivity index (χ0v) is 8.69. The molecule has 2 N–H and O–H groups in total. The molecule has 0 aliphatic carbocycles. The molecule has 0 saturated carbocycles. The van der Waals surface area contributed by atoms with Gasteiger partial charge in [-0.2, -0.15) is 0 Å². The highest BCUT2D eigenvalue weighted by atomic mass is 16.6. The van der Waals surface area contributed by atoms with Gasteiger partial charge in [0.25, 0.3) is 5.69 Å². The molecule has 0 saturated heterocycles. The molecule has 1 aromatic rings. The lowest BCUT2D eigenvalue weighted by Gasteiger charge is -2.02. The highest BCUT2D eigenvalue weighted by Gasteiger charge is 2.10. The molecule has 5 nitrogen and oxygen atoms in total. The molecule has 0 unspecified atom stereocenters. The van der Waals surface area contributed by atoms with Crippen LogP contribution in [0.4, 0.5) is 11.4 Å². The number of non-ortho nitro benzene ring substituents is 1. The van der Waals surface area contributed by atoms with Crippen LogP contribution in [0.25, 0.3) is 0 Å². The number of rotatable bonds is 2. The fourth-order valence-electron chi connectivity index (χ4n) is 1.18. The number of nitrogen functional groups attached to an aromatic ring is 1. The van der Waals surface area contributed by atoms with Crippen LogP contribution in [0, 0.1) is 28.9 Å². The molecule has 0 amide bonds. The van der Waals surface area contributed by atoms with Crippen molar-refractivity contribution in [3.63, 3.8) is 0 Å². The standard InChI is InChI=1S/C11H10N2O3/c1-8-6-10(13(15)16)7-9(11(8)12)4-2-3-5-14/h5-7H,3,12H2,1H3. The van der Waals surface area contributed by atoms with Crippen LogP contribution in [-0.2, 0) is 4.79 Å². The molecule has 16 heavy (non-hydrogen) atoms. The Morgan fingerprint density at radius 2 is 2.25 bits per heavy atom. The average molecular weight is 218 g/mol. The first kappa shape index (κ1) is 11.7. The molecule has 0 aliphatic rings. The average Bonchev–Trinajstić information content (AvgIpc) is 2.24. The Balaban J connectivity index is 3.23. The van der Waals surface area contributed by atoms with Gasteiger partial charge in [0.1, 0.15) is 6.29 Å². The minimum absolute atomic E-state index is 0.0536. The quantitative estimate of drug-likeness (QED) is 0.267. The van der Waals surface area contributed by atoms with Gasteiger partial charge < -0.3 is 10.5 Å². The van der Waals surface area contributed by atoms with Crippen LogP contribution in [-0.4, -0.2) is 11.2 Å². The lowest BCUT2D eigenvalue weighted by atomic mass is 10.1. The molecule has 0 radical (unpaired) electrons. The van der Waals surface area contributed by atoms with Gasteiger partial charge in [-0.15, -0.1) is 0 Å². The Morgan fingerprint density at radius 3 is 2.81 bits per heavy atom. The Labute approximate surface area is 92.4 Å². The maximum atomic E-state index is 10.6. The van der Waals surface area contributed by atoms with Gasteiger partial charge in [0.15, 0.2) is 0 Å². The third kappa shape index (κ3) is 2.58. The van der Waals surface area contributed by atoms with E-state index in [2.05, 4.69) is 11.8 Å². The van der Waals surface area contributed by atoms with Crippen molar-refractivity contribution in [3.05, 3.63) is 33.4 Å². The van der Waals surface area contributed by atoms with Gasteiger partial charge in [0.2, 0.25) is 0 Å². The summed E-state index contributed by atoms with van der Waals surface area (Å²) in [4.78, 5) is 20.2. The molecule has 82 valence electrons. The summed E-state index contributed by atoms with van der Waals surface area (Å²) in [6, 6.07) is 2.69. The molecule has 0 aliphatic heterocycles.